The summed E-state index contributed by atoms with van der Waals surface area (Å²) in [5.41, 5.74) is 0.114. The number of methoxy groups -OCH3 is 2. The maximum atomic E-state index is 12.9. The molecule has 12 heteroatoms. The third-order valence-corrected chi connectivity index (χ3v) is 7.34. The molecule has 1 aromatic heterocycles. The van der Waals surface area contributed by atoms with Crippen LogP contribution in [-0.2, 0) is 14.8 Å². The number of aromatic nitrogens is 2. The van der Waals surface area contributed by atoms with Crippen LogP contribution >= 0.6 is 0 Å². The molecule has 2 aromatic carbocycles. The number of hydrogen-bond donors (Lipinski definition) is 1. The SMILES string of the molecule is COc1cc(OC)cc(-c2nnc(NC(=O)c3ccc(S(=O)(=O)N4COCC4(C)C)cc3)o2)c1. The van der Waals surface area contributed by atoms with Crippen LogP contribution in [0.25, 0.3) is 11.5 Å². The molecule has 0 atom stereocenters. The molecule has 0 radical (unpaired) electrons. The molecule has 0 saturated carbocycles. The molecule has 4 rings (SSSR count). The third-order valence-electron chi connectivity index (χ3n) is 5.29. The van der Waals surface area contributed by atoms with Crippen LogP contribution in [0, 0.1) is 0 Å². The van der Waals surface area contributed by atoms with E-state index in [-0.39, 0.29) is 29.1 Å². The van der Waals surface area contributed by atoms with Crippen LogP contribution in [0.4, 0.5) is 6.01 Å². The average Bonchev–Trinajstić information content (AvgIpc) is 3.44. The van der Waals surface area contributed by atoms with Crippen LogP contribution in [-0.4, -0.2) is 61.9 Å². The van der Waals surface area contributed by atoms with Gasteiger partial charge in [-0.05, 0) is 50.2 Å². The van der Waals surface area contributed by atoms with Crippen molar-refractivity contribution in [1.29, 1.82) is 0 Å². The minimum absolute atomic E-state index is 0.0176. The Morgan fingerprint density at radius 1 is 1.06 bits per heavy atom. The molecule has 34 heavy (non-hydrogen) atoms. The first-order valence-electron chi connectivity index (χ1n) is 10.2. The van der Waals surface area contributed by atoms with E-state index in [1.54, 1.807) is 32.0 Å². The highest BCUT2D eigenvalue weighted by molar-refractivity contribution is 7.89. The number of rotatable bonds is 7. The molecular formula is C22H24N4O7S. The fourth-order valence-electron chi connectivity index (χ4n) is 3.42. The summed E-state index contributed by atoms with van der Waals surface area (Å²) in [5.74, 6) is 0.700. The summed E-state index contributed by atoms with van der Waals surface area (Å²) in [6, 6.07) is 10.5. The lowest BCUT2D eigenvalue weighted by molar-refractivity contribution is 0.102. The molecule has 0 aliphatic carbocycles. The number of nitrogens with one attached hydrogen (secondary N) is 1. The van der Waals surface area contributed by atoms with Gasteiger partial charge in [-0.25, -0.2) is 8.42 Å². The van der Waals surface area contributed by atoms with Crippen molar-refractivity contribution in [3.05, 3.63) is 48.0 Å². The van der Waals surface area contributed by atoms with Gasteiger partial charge in [0.25, 0.3) is 5.91 Å². The second kappa shape index (κ2) is 9.05. The Kier molecular flexibility index (Phi) is 6.30. The lowest BCUT2D eigenvalue weighted by Gasteiger charge is -2.28. The highest BCUT2D eigenvalue weighted by atomic mass is 32.2. The molecule has 1 fully saturated rings. The van der Waals surface area contributed by atoms with Crippen molar-refractivity contribution < 1.29 is 31.8 Å². The number of carbonyl (C=O) groups excluding carboxylic acids is 1. The van der Waals surface area contributed by atoms with E-state index in [9.17, 15) is 13.2 Å². The summed E-state index contributed by atoms with van der Waals surface area (Å²) in [5, 5.41) is 10.3. The molecule has 3 aromatic rings. The van der Waals surface area contributed by atoms with Crippen LogP contribution in [0.15, 0.2) is 51.8 Å². The van der Waals surface area contributed by atoms with Crippen LogP contribution < -0.4 is 14.8 Å². The summed E-state index contributed by atoms with van der Waals surface area (Å²) < 4.78 is 48.5. The molecule has 1 saturated heterocycles. The predicted molar refractivity (Wildman–Crippen MR) is 121 cm³/mol. The summed E-state index contributed by atoms with van der Waals surface area (Å²) in [4.78, 5) is 12.7. The average molecular weight is 489 g/mol. The summed E-state index contributed by atoms with van der Waals surface area (Å²) >= 11 is 0. The second-order valence-corrected chi connectivity index (χ2v) is 10.00. The van der Waals surface area contributed by atoms with Gasteiger partial charge in [0.1, 0.15) is 18.2 Å². The van der Waals surface area contributed by atoms with Gasteiger partial charge in [0.05, 0.1) is 31.3 Å². The molecule has 0 spiro atoms. The number of sulfonamides is 1. The van der Waals surface area contributed by atoms with E-state index in [1.807, 2.05) is 0 Å². The van der Waals surface area contributed by atoms with Crippen molar-refractivity contribution in [2.75, 3.05) is 32.9 Å². The van der Waals surface area contributed by atoms with Crippen molar-refractivity contribution in [3.8, 4) is 23.0 Å². The van der Waals surface area contributed by atoms with E-state index in [2.05, 4.69) is 15.5 Å². The molecule has 1 N–H and O–H groups in total. The van der Waals surface area contributed by atoms with Gasteiger partial charge in [0.2, 0.25) is 15.9 Å². The first kappa shape index (κ1) is 23.7. The van der Waals surface area contributed by atoms with Crippen molar-refractivity contribution >= 4 is 21.9 Å². The van der Waals surface area contributed by atoms with Gasteiger partial charge in [0.15, 0.2) is 0 Å². The largest absolute Gasteiger partial charge is 0.497 e. The molecule has 0 unspecified atom stereocenters. The van der Waals surface area contributed by atoms with E-state index < -0.39 is 21.5 Å². The first-order chi connectivity index (χ1) is 16.1. The van der Waals surface area contributed by atoms with Crippen molar-refractivity contribution in [2.24, 2.45) is 0 Å². The predicted octanol–water partition coefficient (Wildman–Crippen LogP) is 2.76. The zero-order valence-electron chi connectivity index (χ0n) is 19.1. The number of amides is 1. The van der Waals surface area contributed by atoms with Crippen LogP contribution in [0.2, 0.25) is 0 Å². The van der Waals surface area contributed by atoms with E-state index in [4.69, 9.17) is 18.6 Å². The number of carbonyl (C=O) groups is 1. The lowest BCUT2D eigenvalue weighted by Crippen LogP contribution is -2.44. The monoisotopic (exact) mass is 488 g/mol. The van der Waals surface area contributed by atoms with Crippen LogP contribution in [0.5, 0.6) is 11.5 Å². The summed E-state index contributed by atoms with van der Waals surface area (Å²) in [6.45, 7) is 3.87. The Hall–Kier alpha value is -3.48. The maximum absolute atomic E-state index is 12.9. The van der Waals surface area contributed by atoms with Gasteiger partial charge in [0, 0.05) is 17.2 Å². The zero-order chi connectivity index (χ0) is 24.5. The minimum Gasteiger partial charge on any atom is -0.497 e. The first-order valence-corrected chi connectivity index (χ1v) is 11.7. The Morgan fingerprint density at radius 3 is 2.26 bits per heavy atom. The quantitative estimate of drug-likeness (QED) is 0.533. The number of nitrogens with zero attached hydrogens (tertiary/aromatic N) is 3. The number of benzene rings is 2. The minimum atomic E-state index is -3.77. The molecule has 180 valence electrons. The Bertz CT molecular complexity index is 1280. The van der Waals surface area contributed by atoms with E-state index in [1.165, 1.54) is 42.8 Å². The molecule has 1 amide bonds. The fraction of sp³-hybridized carbons (Fsp3) is 0.318. The van der Waals surface area contributed by atoms with Crippen molar-refractivity contribution in [1.82, 2.24) is 14.5 Å². The van der Waals surface area contributed by atoms with Gasteiger partial charge in [-0.1, -0.05) is 5.10 Å². The summed E-state index contributed by atoms with van der Waals surface area (Å²) in [6.07, 6.45) is 0. The fourth-order valence-corrected chi connectivity index (χ4v) is 5.07. The normalized spacial score (nSPS) is 15.8. The molecule has 1 aliphatic rings. The van der Waals surface area contributed by atoms with Crippen LogP contribution in [0.3, 0.4) is 0 Å². The van der Waals surface area contributed by atoms with Crippen molar-refractivity contribution in [3.63, 3.8) is 0 Å². The molecule has 0 bridgehead atoms. The smallest absolute Gasteiger partial charge is 0.322 e. The molecule has 1 aliphatic heterocycles. The third kappa shape index (κ3) is 4.60. The topological polar surface area (TPSA) is 133 Å². The molecule has 2 heterocycles. The van der Waals surface area contributed by atoms with Gasteiger partial charge in [-0.3, -0.25) is 10.1 Å². The number of hydrogen-bond acceptors (Lipinski definition) is 9. The van der Waals surface area contributed by atoms with Gasteiger partial charge in [-0.15, -0.1) is 5.10 Å². The van der Waals surface area contributed by atoms with Crippen LogP contribution in [0.1, 0.15) is 24.2 Å². The highest BCUT2D eigenvalue weighted by Gasteiger charge is 2.42. The van der Waals surface area contributed by atoms with Crippen molar-refractivity contribution in [2.45, 2.75) is 24.3 Å². The Balaban J connectivity index is 1.49. The second-order valence-electron chi connectivity index (χ2n) is 8.14. The maximum Gasteiger partial charge on any atom is 0.322 e. The molecule has 11 nitrogen and oxygen atoms in total. The van der Waals surface area contributed by atoms with Gasteiger partial charge in [-0.2, -0.15) is 4.31 Å². The standard InChI is InChI=1S/C22H24N4O7S/c1-22(2)12-32-13-26(22)34(28,29)18-7-5-14(6-8-18)19(27)23-21-25-24-20(33-21)15-9-16(30-3)11-17(10-15)31-4/h5-11H,12-13H2,1-4H3,(H,23,25,27). The van der Waals surface area contributed by atoms with E-state index in [0.717, 1.165) is 0 Å². The van der Waals surface area contributed by atoms with E-state index >= 15 is 0 Å². The van der Waals surface area contributed by atoms with Gasteiger partial charge < -0.3 is 18.6 Å². The summed E-state index contributed by atoms with van der Waals surface area (Å²) in [7, 11) is -0.727. The number of ether oxygens (including phenoxy) is 3. The van der Waals surface area contributed by atoms with E-state index in [0.29, 0.717) is 23.7 Å². The zero-order valence-corrected chi connectivity index (χ0v) is 19.9. The highest BCUT2D eigenvalue weighted by Crippen LogP contribution is 2.31. The number of anilines is 1. The Labute approximate surface area is 196 Å². The van der Waals surface area contributed by atoms with Gasteiger partial charge >= 0.3 is 6.01 Å². The Morgan fingerprint density at radius 2 is 1.71 bits per heavy atom. The lowest BCUT2D eigenvalue weighted by atomic mass is 10.1. The molecular weight excluding hydrogens is 464 g/mol.